The number of hydrogen-bond acceptors (Lipinski definition) is 6. The summed E-state index contributed by atoms with van der Waals surface area (Å²) in [5.41, 5.74) is 1.83. The molecule has 8 nitrogen and oxygen atoms in total. The maximum Gasteiger partial charge on any atom is 0.326 e. The first kappa shape index (κ1) is 20.6. The Balaban J connectivity index is 2.18. The summed E-state index contributed by atoms with van der Waals surface area (Å²) >= 11 is 6.18. The molecule has 1 N–H and O–H groups in total. The predicted molar refractivity (Wildman–Crippen MR) is 106 cm³/mol. The van der Waals surface area contributed by atoms with Gasteiger partial charge in [-0.25, -0.2) is 4.79 Å². The van der Waals surface area contributed by atoms with E-state index in [0.29, 0.717) is 33.2 Å². The van der Waals surface area contributed by atoms with Crippen LogP contribution < -0.4 is 10.3 Å². The van der Waals surface area contributed by atoms with E-state index in [-0.39, 0.29) is 13.0 Å². The van der Waals surface area contributed by atoms with Crippen LogP contribution in [0.1, 0.15) is 12.5 Å². The Labute approximate surface area is 171 Å². The van der Waals surface area contributed by atoms with Gasteiger partial charge in [-0.1, -0.05) is 22.8 Å². The second-order valence-corrected chi connectivity index (χ2v) is 6.65. The third-order valence-corrected chi connectivity index (χ3v) is 4.70. The number of benzene rings is 1. The van der Waals surface area contributed by atoms with E-state index in [1.54, 1.807) is 24.3 Å². The van der Waals surface area contributed by atoms with Crippen LogP contribution in [0.5, 0.6) is 5.75 Å². The van der Waals surface area contributed by atoms with Crippen LogP contribution in [0.15, 0.2) is 52.1 Å². The Morgan fingerprint density at radius 2 is 2.03 bits per heavy atom. The molecule has 1 atom stereocenters. The van der Waals surface area contributed by atoms with Crippen LogP contribution in [-0.4, -0.2) is 41.6 Å². The van der Waals surface area contributed by atoms with Gasteiger partial charge in [0.1, 0.15) is 23.7 Å². The summed E-state index contributed by atoms with van der Waals surface area (Å²) in [5.74, 6) is -0.815. The predicted octanol–water partition coefficient (Wildman–Crippen LogP) is 3.49. The van der Waals surface area contributed by atoms with Gasteiger partial charge in [0, 0.05) is 48.4 Å². The largest absolute Gasteiger partial charge is 0.495 e. The monoisotopic (exact) mass is 418 g/mol. The van der Waals surface area contributed by atoms with Crippen LogP contribution in [0.2, 0.25) is 5.02 Å². The molecule has 3 aromatic rings. The molecule has 2 aromatic heterocycles. The van der Waals surface area contributed by atoms with E-state index in [2.05, 4.69) is 5.16 Å². The fourth-order valence-corrected chi connectivity index (χ4v) is 3.24. The number of methoxy groups -OCH3 is 2. The zero-order valence-electron chi connectivity index (χ0n) is 15.8. The highest BCUT2D eigenvalue weighted by atomic mass is 35.5. The summed E-state index contributed by atoms with van der Waals surface area (Å²) in [4.78, 5) is 24.5. The van der Waals surface area contributed by atoms with Gasteiger partial charge >= 0.3 is 5.97 Å². The first-order valence-electron chi connectivity index (χ1n) is 8.69. The molecule has 29 heavy (non-hydrogen) atoms. The van der Waals surface area contributed by atoms with Crippen molar-refractivity contribution in [1.82, 2.24) is 9.72 Å². The zero-order chi connectivity index (χ0) is 21.0. The number of carboxylic acids is 1. The van der Waals surface area contributed by atoms with Gasteiger partial charge in [0.25, 0.3) is 5.56 Å². The highest BCUT2D eigenvalue weighted by Gasteiger charge is 2.23. The molecule has 1 unspecified atom stereocenters. The lowest BCUT2D eigenvalue weighted by Crippen LogP contribution is -2.30. The molecule has 9 heteroatoms. The number of hydrogen-bond donors (Lipinski definition) is 1. The summed E-state index contributed by atoms with van der Waals surface area (Å²) in [5, 5.41) is 14.0. The average molecular weight is 419 g/mol. The third kappa shape index (κ3) is 4.33. The van der Waals surface area contributed by atoms with Gasteiger partial charge in [0.2, 0.25) is 0 Å². The van der Waals surface area contributed by atoms with Crippen LogP contribution in [0, 0.1) is 0 Å². The smallest absolute Gasteiger partial charge is 0.326 e. The summed E-state index contributed by atoms with van der Waals surface area (Å²) in [6, 6.07) is 7.09. The Morgan fingerprint density at radius 3 is 2.66 bits per heavy atom. The lowest BCUT2D eigenvalue weighted by atomic mass is 9.97. The molecule has 0 saturated carbocycles. The molecule has 0 aliphatic rings. The first-order chi connectivity index (χ1) is 14.0. The van der Waals surface area contributed by atoms with Crippen LogP contribution in [-0.2, 0) is 9.53 Å². The Kier molecular flexibility index (Phi) is 6.36. The topological polar surface area (TPSA) is 104 Å². The molecule has 0 saturated heterocycles. The average Bonchev–Trinajstić information content (AvgIpc) is 3.23. The van der Waals surface area contributed by atoms with Gasteiger partial charge in [-0.3, -0.25) is 9.36 Å². The molecule has 0 radical (unpaired) electrons. The van der Waals surface area contributed by atoms with Crippen LogP contribution >= 0.6 is 11.6 Å². The van der Waals surface area contributed by atoms with E-state index < -0.39 is 17.6 Å². The second kappa shape index (κ2) is 8.93. The van der Waals surface area contributed by atoms with Crippen molar-refractivity contribution in [2.45, 2.75) is 12.5 Å². The maximum atomic E-state index is 12.8. The third-order valence-electron chi connectivity index (χ3n) is 4.47. The molecule has 0 spiro atoms. The van der Waals surface area contributed by atoms with E-state index in [0.717, 1.165) is 4.57 Å². The van der Waals surface area contributed by atoms with Gasteiger partial charge in [0.15, 0.2) is 0 Å². The molecule has 0 aliphatic heterocycles. The minimum Gasteiger partial charge on any atom is -0.495 e. The number of halogens is 1. The highest BCUT2D eigenvalue weighted by Crippen LogP contribution is 2.37. The number of aliphatic carboxylic acids is 1. The number of rotatable bonds is 8. The van der Waals surface area contributed by atoms with E-state index in [4.69, 9.17) is 25.6 Å². The standard InChI is InChI=1S/C20H19ClN2O6/c1-27-7-6-17(20(25)26)23-11-18(28-2)15(10-19(23)24)14-9-12(21)3-4-13(14)16-5-8-29-22-16/h3-5,8-11,17H,6-7H2,1-2H3,(H,25,26). The van der Waals surface area contributed by atoms with Crippen LogP contribution in [0.3, 0.4) is 0 Å². The van der Waals surface area contributed by atoms with Crippen molar-refractivity contribution in [3.63, 3.8) is 0 Å². The lowest BCUT2D eigenvalue weighted by Gasteiger charge is -2.19. The van der Waals surface area contributed by atoms with E-state index in [1.165, 1.54) is 32.7 Å². The van der Waals surface area contributed by atoms with Gasteiger partial charge < -0.3 is 19.1 Å². The Bertz CT molecular complexity index is 1060. The number of carbonyl (C=O) groups is 1. The van der Waals surface area contributed by atoms with Crippen molar-refractivity contribution in [3.8, 4) is 28.1 Å². The SMILES string of the molecule is COCCC(C(=O)O)n1cc(OC)c(-c2cc(Cl)ccc2-c2ccon2)cc1=O. The summed E-state index contributed by atoms with van der Waals surface area (Å²) in [7, 11) is 2.91. The zero-order valence-corrected chi connectivity index (χ0v) is 16.5. The number of ether oxygens (including phenoxy) is 2. The van der Waals surface area contributed by atoms with Crippen molar-refractivity contribution < 1.29 is 23.9 Å². The summed E-state index contributed by atoms with van der Waals surface area (Å²) in [6.45, 7) is 0.193. The van der Waals surface area contributed by atoms with Crippen molar-refractivity contribution in [1.29, 1.82) is 0 Å². The van der Waals surface area contributed by atoms with Gasteiger partial charge in [-0.15, -0.1) is 0 Å². The van der Waals surface area contributed by atoms with Gasteiger partial charge in [0.05, 0.1) is 13.3 Å². The Morgan fingerprint density at radius 1 is 1.24 bits per heavy atom. The van der Waals surface area contributed by atoms with Crippen molar-refractivity contribution >= 4 is 17.6 Å². The molecule has 152 valence electrons. The maximum absolute atomic E-state index is 12.8. The number of pyridine rings is 1. The van der Waals surface area contributed by atoms with Crippen LogP contribution in [0.4, 0.5) is 0 Å². The molecule has 0 bridgehead atoms. The van der Waals surface area contributed by atoms with E-state index in [9.17, 15) is 14.7 Å². The number of nitrogens with zero attached hydrogens (tertiary/aromatic N) is 2. The minimum atomic E-state index is -1.13. The van der Waals surface area contributed by atoms with Crippen molar-refractivity contribution in [3.05, 3.63) is 58.2 Å². The second-order valence-electron chi connectivity index (χ2n) is 6.21. The first-order valence-corrected chi connectivity index (χ1v) is 9.06. The van der Waals surface area contributed by atoms with E-state index in [1.807, 2.05) is 0 Å². The summed E-state index contributed by atoms with van der Waals surface area (Å²) in [6.07, 6.45) is 2.96. The number of aromatic nitrogens is 2. The van der Waals surface area contributed by atoms with E-state index >= 15 is 0 Å². The number of carboxylic acid groups (broad SMARTS) is 1. The molecular weight excluding hydrogens is 400 g/mol. The lowest BCUT2D eigenvalue weighted by molar-refractivity contribution is -0.141. The van der Waals surface area contributed by atoms with Crippen molar-refractivity contribution in [2.24, 2.45) is 0 Å². The Hall–Kier alpha value is -3.10. The molecule has 1 aromatic carbocycles. The van der Waals surface area contributed by atoms with Gasteiger partial charge in [-0.2, -0.15) is 0 Å². The fourth-order valence-electron chi connectivity index (χ4n) is 3.07. The fraction of sp³-hybridized carbons (Fsp3) is 0.250. The minimum absolute atomic E-state index is 0.135. The molecule has 0 aliphatic carbocycles. The molecular formula is C20H19ClN2O6. The molecule has 2 heterocycles. The van der Waals surface area contributed by atoms with Crippen LogP contribution in [0.25, 0.3) is 22.4 Å². The quantitative estimate of drug-likeness (QED) is 0.597. The normalized spacial score (nSPS) is 12.0. The highest BCUT2D eigenvalue weighted by molar-refractivity contribution is 6.31. The summed E-state index contributed by atoms with van der Waals surface area (Å²) < 4.78 is 16.5. The molecule has 3 rings (SSSR count). The van der Waals surface area contributed by atoms with Gasteiger partial charge in [-0.05, 0) is 17.7 Å². The molecule has 0 amide bonds. The van der Waals surface area contributed by atoms with Crippen molar-refractivity contribution in [2.75, 3.05) is 20.8 Å². The molecule has 0 fully saturated rings.